The van der Waals surface area contributed by atoms with Gasteiger partial charge in [0.25, 0.3) is 0 Å². The Bertz CT molecular complexity index is 900. The molecule has 0 unspecified atom stereocenters. The molecule has 2 heterocycles. The van der Waals surface area contributed by atoms with Crippen LogP contribution in [-0.2, 0) is 21.9 Å². The van der Waals surface area contributed by atoms with Gasteiger partial charge in [-0.05, 0) is 25.0 Å². The molecular weight excluding hydrogens is 366 g/mol. The van der Waals surface area contributed by atoms with Gasteiger partial charge in [0.05, 0.1) is 11.1 Å². The van der Waals surface area contributed by atoms with Gasteiger partial charge < -0.3 is 10.2 Å². The van der Waals surface area contributed by atoms with Crippen molar-refractivity contribution >= 4 is 21.7 Å². The molecule has 0 aliphatic carbocycles. The van der Waals surface area contributed by atoms with E-state index < -0.39 is 15.6 Å². The molecule has 8 nitrogen and oxygen atoms in total. The Labute approximate surface area is 159 Å². The third-order valence-electron chi connectivity index (χ3n) is 4.96. The Hall–Kier alpha value is -2.39. The molecule has 0 atom stereocenters. The van der Waals surface area contributed by atoms with Gasteiger partial charge in [-0.2, -0.15) is 9.40 Å². The summed E-state index contributed by atoms with van der Waals surface area (Å²) < 4.78 is 28.9. The predicted molar refractivity (Wildman–Crippen MR) is 103 cm³/mol. The summed E-state index contributed by atoms with van der Waals surface area (Å²) in [5.41, 5.74) is -0.861. The van der Waals surface area contributed by atoms with Crippen LogP contribution in [0.15, 0.2) is 47.5 Å². The second kappa shape index (κ2) is 7.32. The molecule has 146 valence electrons. The third-order valence-corrected chi connectivity index (χ3v) is 6.87. The number of likely N-dealkylation sites (N-methyl/N-ethyl adjacent to an activating group) is 1. The topological polar surface area (TPSA) is 87.5 Å². The maximum atomic E-state index is 12.9. The van der Waals surface area contributed by atoms with Crippen molar-refractivity contribution in [2.45, 2.75) is 23.3 Å². The van der Waals surface area contributed by atoms with Crippen LogP contribution in [0.4, 0.5) is 5.82 Å². The van der Waals surface area contributed by atoms with Gasteiger partial charge in [0.15, 0.2) is 0 Å². The molecule has 0 bridgehead atoms. The van der Waals surface area contributed by atoms with Crippen molar-refractivity contribution in [1.82, 2.24) is 19.0 Å². The highest BCUT2D eigenvalue weighted by Crippen LogP contribution is 2.31. The minimum atomic E-state index is -3.57. The van der Waals surface area contributed by atoms with E-state index in [1.54, 1.807) is 73.3 Å². The second-order valence-corrected chi connectivity index (χ2v) is 8.90. The molecular formula is C18H25N5O3S. The number of nitrogens with zero attached hydrogens (tertiary/aromatic N) is 4. The summed E-state index contributed by atoms with van der Waals surface area (Å²) in [5, 5.41) is 7.46. The Morgan fingerprint density at radius 1 is 1.15 bits per heavy atom. The molecule has 1 fully saturated rings. The molecule has 1 N–H and O–H groups in total. The van der Waals surface area contributed by atoms with Crippen molar-refractivity contribution in [3.63, 3.8) is 0 Å². The standard InChI is InChI=1S/C18H25N5O3S/c1-21(2)17(24)18(20-16-9-12-19-22(16)3)10-13-23(14-11-18)27(25,26)15-7-5-4-6-8-15/h4-9,12,20H,10-11,13-14H2,1-3H3. The number of benzene rings is 1. The summed E-state index contributed by atoms with van der Waals surface area (Å²) in [4.78, 5) is 14.8. The van der Waals surface area contributed by atoms with Crippen LogP contribution in [0.3, 0.4) is 0 Å². The van der Waals surface area contributed by atoms with Crippen molar-refractivity contribution in [2.24, 2.45) is 7.05 Å². The van der Waals surface area contributed by atoms with Crippen LogP contribution in [0.5, 0.6) is 0 Å². The summed E-state index contributed by atoms with van der Waals surface area (Å²) >= 11 is 0. The maximum absolute atomic E-state index is 12.9. The second-order valence-electron chi connectivity index (χ2n) is 6.96. The van der Waals surface area contributed by atoms with Crippen molar-refractivity contribution in [3.8, 4) is 0 Å². The van der Waals surface area contributed by atoms with Gasteiger partial charge in [-0.3, -0.25) is 9.48 Å². The lowest BCUT2D eigenvalue weighted by atomic mass is 9.86. The van der Waals surface area contributed by atoms with E-state index in [9.17, 15) is 13.2 Å². The lowest BCUT2D eigenvalue weighted by Crippen LogP contribution is -2.58. The lowest BCUT2D eigenvalue weighted by Gasteiger charge is -2.42. The van der Waals surface area contributed by atoms with Crippen LogP contribution in [0.1, 0.15) is 12.8 Å². The molecule has 1 aromatic carbocycles. The van der Waals surface area contributed by atoms with Gasteiger partial charge in [0, 0.05) is 40.3 Å². The Balaban J connectivity index is 1.84. The number of carbonyl (C=O) groups excluding carboxylic acids is 1. The molecule has 1 saturated heterocycles. The highest BCUT2D eigenvalue weighted by Gasteiger charge is 2.45. The molecule has 1 amide bonds. The van der Waals surface area contributed by atoms with E-state index in [4.69, 9.17) is 0 Å². The number of nitrogens with one attached hydrogen (secondary N) is 1. The molecule has 0 radical (unpaired) electrons. The number of aromatic nitrogens is 2. The first kappa shape index (κ1) is 19.4. The molecule has 0 spiro atoms. The average Bonchev–Trinajstić information content (AvgIpc) is 3.06. The normalized spacial score (nSPS) is 17.4. The Morgan fingerprint density at radius 3 is 2.30 bits per heavy atom. The number of anilines is 1. The van der Waals surface area contributed by atoms with Crippen LogP contribution in [-0.4, -0.2) is 66.0 Å². The predicted octanol–water partition coefficient (Wildman–Crippen LogP) is 1.14. The smallest absolute Gasteiger partial charge is 0.247 e. The number of aryl methyl sites for hydroxylation is 1. The van der Waals surface area contributed by atoms with Crippen molar-refractivity contribution < 1.29 is 13.2 Å². The lowest BCUT2D eigenvalue weighted by molar-refractivity contribution is -0.134. The number of rotatable bonds is 5. The van der Waals surface area contributed by atoms with E-state index in [2.05, 4.69) is 10.4 Å². The molecule has 1 aliphatic rings. The van der Waals surface area contributed by atoms with Gasteiger partial charge in [0.2, 0.25) is 15.9 Å². The van der Waals surface area contributed by atoms with Crippen LogP contribution >= 0.6 is 0 Å². The molecule has 3 rings (SSSR count). The summed E-state index contributed by atoms with van der Waals surface area (Å²) in [5.74, 6) is 0.657. The highest BCUT2D eigenvalue weighted by molar-refractivity contribution is 7.89. The monoisotopic (exact) mass is 391 g/mol. The first-order valence-electron chi connectivity index (χ1n) is 8.79. The average molecular weight is 391 g/mol. The number of piperidine rings is 1. The molecule has 2 aromatic rings. The fourth-order valence-corrected chi connectivity index (χ4v) is 4.87. The van der Waals surface area contributed by atoms with E-state index in [0.29, 0.717) is 12.8 Å². The van der Waals surface area contributed by atoms with Gasteiger partial charge in [0.1, 0.15) is 11.4 Å². The fourth-order valence-electron chi connectivity index (χ4n) is 3.41. The fraction of sp³-hybridized carbons (Fsp3) is 0.444. The van der Waals surface area contributed by atoms with Gasteiger partial charge >= 0.3 is 0 Å². The van der Waals surface area contributed by atoms with E-state index >= 15 is 0 Å². The van der Waals surface area contributed by atoms with Crippen LogP contribution in [0.2, 0.25) is 0 Å². The van der Waals surface area contributed by atoms with Gasteiger partial charge in [-0.25, -0.2) is 8.42 Å². The highest BCUT2D eigenvalue weighted by atomic mass is 32.2. The minimum absolute atomic E-state index is 0.0690. The SMILES string of the molecule is CN(C)C(=O)C1(Nc2ccnn2C)CCN(S(=O)(=O)c2ccccc2)CC1. The summed E-state index contributed by atoms with van der Waals surface area (Å²) in [6.07, 6.45) is 2.41. The quantitative estimate of drug-likeness (QED) is 0.826. The van der Waals surface area contributed by atoms with Crippen LogP contribution < -0.4 is 5.32 Å². The summed E-state index contributed by atoms with van der Waals surface area (Å²) in [6.45, 7) is 0.531. The number of sulfonamides is 1. The third kappa shape index (κ3) is 3.70. The summed E-state index contributed by atoms with van der Waals surface area (Å²) in [6, 6.07) is 10.2. The van der Waals surface area contributed by atoms with Crippen molar-refractivity contribution in [2.75, 3.05) is 32.5 Å². The van der Waals surface area contributed by atoms with Gasteiger partial charge in [-0.15, -0.1) is 0 Å². The molecule has 1 aliphatic heterocycles. The number of carbonyl (C=O) groups is 1. The molecule has 27 heavy (non-hydrogen) atoms. The molecule has 9 heteroatoms. The molecule has 0 saturated carbocycles. The first-order chi connectivity index (χ1) is 12.8. The van der Waals surface area contributed by atoms with Crippen LogP contribution in [0, 0.1) is 0 Å². The molecule has 1 aromatic heterocycles. The Kier molecular flexibility index (Phi) is 5.25. The summed E-state index contributed by atoms with van der Waals surface area (Å²) in [7, 11) is 1.65. The van der Waals surface area contributed by atoms with E-state index in [0.717, 1.165) is 5.82 Å². The van der Waals surface area contributed by atoms with E-state index in [1.165, 1.54) is 4.31 Å². The van der Waals surface area contributed by atoms with Crippen LogP contribution in [0.25, 0.3) is 0 Å². The number of hydrogen-bond donors (Lipinski definition) is 1. The largest absolute Gasteiger partial charge is 0.356 e. The van der Waals surface area contributed by atoms with E-state index in [1.807, 2.05) is 0 Å². The maximum Gasteiger partial charge on any atom is 0.247 e. The first-order valence-corrected chi connectivity index (χ1v) is 10.2. The number of hydrogen-bond acceptors (Lipinski definition) is 5. The number of amides is 1. The zero-order valence-corrected chi connectivity index (χ0v) is 16.6. The minimum Gasteiger partial charge on any atom is -0.356 e. The Morgan fingerprint density at radius 2 is 1.78 bits per heavy atom. The van der Waals surface area contributed by atoms with Crippen molar-refractivity contribution in [1.29, 1.82) is 0 Å². The zero-order chi connectivity index (χ0) is 19.7. The van der Waals surface area contributed by atoms with Crippen molar-refractivity contribution in [3.05, 3.63) is 42.6 Å². The van der Waals surface area contributed by atoms with E-state index in [-0.39, 0.29) is 23.9 Å². The van der Waals surface area contributed by atoms with Gasteiger partial charge in [-0.1, -0.05) is 18.2 Å². The zero-order valence-electron chi connectivity index (χ0n) is 15.8.